The summed E-state index contributed by atoms with van der Waals surface area (Å²) in [6, 6.07) is 6.16. The van der Waals surface area contributed by atoms with E-state index in [0.717, 1.165) is 31.1 Å². The number of unbranched alkanes of at least 4 members (excludes halogenated alkanes) is 1. The van der Waals surface area contributed by atoms with Gasteiger partial charge in [-0.1, -0.05) is 46.1 Å². The van der Waals surface area contributed by atoms with E-state index in [0.29, 0.717) is 12.5 Å². The SMILES string of the molecule is CCCCC(CC)COCc1cccc(CNCC)n1. The minimum atomic E-state index is 0.628. The van der Waals surface area contributed by atoms with E-state index in [4.69, 9.17) is 4.74 Å². The van der Waals surface area contributed by atoms with E-state index in [9.17, 15) is 0 Å². The Kier molecular flexibility index (Phi) is 9.25. The third-order valence-corrected chi connectivity index (χ3v) is 3.57. The average molecular weight is 278 g/mol. The fourth-order valence-electron chi connectivity index (χ4n) is 2.19. The normalized spacial score (nSPS) is 12.6. The number of hydrogen-bond donors (Lipinski definition) is 1. The molecule has 20 heavy (non-hydrogen) atoms. The van der Waals surface area contributed by atoms with Crippen LogP contribution in [0.15, 0.2) is 18.2 Å². The Hall–Kier alpha value is -0.930. The van der Waals surface area contributed by atoms with Crippen molar-refractivity contribution in [2.24, 2.45) is 5.92 Å². The van der Waals surface area contributed by atoms with Gasteiger partial charge in [0.2, 0.25) is 0 Å². The topological polar surface area (TPSA) is 34.1 Å². The van der Waals surface area contributed by atoms with Gasteiger partial charge in [0.05, 0.1) is 18.0 Å². The highest BCUT2D eigenvalue weighted by atomic mass is 16.5. The van der Waals surface area contributed by atoms with Crippen molar-refractivity contribution in [3.63, 3.8) is 0 Å². The summed E-state index contributed by atoms with van der Waals surface area (Å²) in [5.41, 5.74) is 2.12. The summed E-state index contributed by atoms with van der Waals surface area (Å²) in [4.78, 5) is 4.61. The molecule has 1 aromatic rings. The molecule has 3 nitrogen and oxygen atoms in total. The molecule has 0 fully saturated rings. The van der Waals surface area contributed by atoms with Crippen LogP contribution in [-0.4, -0.2) is 18.1 Å². The molecule has 0 amide bonds. The Balaban J connectivity index is 2.33. The highest BCUT2D eigenvalue weighted by molar-refractivity contribution is 5.10. The predicted molar refractivity (Wildman–Crippen MR) is 84.6 cm³/mol. The highest BCUT2D eigenvalue weighted by Crippen LogP contribution is 2.13. The zero-order valence-electron chi connectivity index (χ0n) is 13.3. The van der Waals surface area contributed by atoms with E-state index in [1.807, 2.05) is 6.07 Å². The van der Waals surface area contributed by atoms with Crippen LogP contribution in [-0.2, 0) is 17.9 Å². The molecule has 0 aromatic carbocycles. The summed E-state index contributed by atoms with van der Waals surface area (Å²) in [6.07, 6.45) is 5.05. The molecule has 1 atom stereocenters. The highest BCUT2D eigenvalue weighted by Gasteiger charge is 2.06. The lowest BCUT2D eigenvalue weighted by Crippen LogP contribution is -2.14. The van der Waals surface area contributed by atoms with E-state index in [1.54, 1.807) is 0 Å². The summed E-state index contributed by atoms with van der Waals surface area (Å²) < 4.78 is 5.85. The standard InChI is InChI=1S/C17H30N2O/c1-4-7-9-15(5-2)13-20-14-17-11-8-10-16(19-17)12-18-6-3/h8,10-11,15,18H,4-7,9,12-14H2,1-3H3. The number of pyridine rings is 1. The van der Waals surface area contributed by atoms with Gasteiger partial charge in [0.15, 0.2) is 0 Å². The fraction of sp³-hybridized carbons (Fsp3) is 0.706. The Morgan fingerprint density at radius 2 is 2.00 bits per heavy atom. The van der Waals surface area contributed by atoms with Crippen molar-refractivity contribution in [2.45, 2.75) is 59.6 Å². The number of hydrogen-bond acceptors (Lipinski definition) is 3. The van der Waals surface area contributed by atoms with Crippen molar-refractivity contribution >= 4 is 0 Å². The van der Waals surface area contributed by atoms with Crippen molar-refractivity contribution in [3.05, 3.63) is 29.6 Å². The number of nitrogens with zero attached hydrogens (tertiary/aromatic N) is 1. The first-order chi connectivity index (χ1) is 9.80. The predicted octanol–water partition coefficient (Wildman–Crippen LogP) is 3.92. The molecule has 3 heteroatoms. The summed E-state index contributed by atoms with van der Waals surface area (Å²) in [6.45, 7) is 9.88. The quantitative estimate of drug-likeness (QED) is 0.666. The van der Waals surface area contributed by atoms with Gasteiger partial charge in [-0.25, -0.2) is 0 Å². The van der Waals surface area contributed by atoms with Crippen LogP contribution in [0.1, 0.15) is 57.8 Å². The molecule has 0 saturated carbocycles. The summed E-state index contributed by atoms with van der Waals surface area (Å²) >= 11 is 0. The molecule has 1 unspecified atom stereocenters. The first kappa shape index (κ1) is 17.1. The lowest BCUT2D eigenvalue weighted by Gasteiger charge is -2.14. The first-order valence-corrected chi connectivity index (χ1v) is 8.03. The number of ether oxygens (including phenoxy) is 1. The molecule has 1 heterocycles. The maximum Gasteiger partial charge on any atom is 0.0888 e. The molecule has 0 saturated heterocycles. The smallest absolute Gasteiger partial charge is 0.0888 e. The zero-order chi connectivity index (χ0) is 14.6. The van der Waals surface area contributed by atoms with E-state index < -0.39 is 0 Å². The second-order valence-electron chi connectivity index (χ2n) is 5.33. The van der Waals surface area contributed by atoms with Gasteiger partial charge in [-0.15, -0.1) is 0 Å². The molecule has 0 aliphatic carbocycles. The molecule has 1 aromatic heterocycles. The molecule has 0 aliphatic rings. The molecular formula is C17H30N2O. The Labute approximate surface area is 124 Å². The van der Waals surface area contributed by atoms with Crippen LogP contribution in [0.4, 0.5) is 0 Å². The first-order valence-electron chi connectivity index (χ1n) is 8.03. The second kappa shape index (κ2) is 10.8. The van der Waals surface area contributed by atoms with Crippen LogP contribution in [0.5, 0.6) is 0 Å². The Morgan fingerprint density at radius 1 is 1.20 bits per heavy atom. The maximum atomic E-state index is 5.85. The molecule has 114 valence electrons. The summed E-state index contributed by atoms with van der Waals surface area (Å²) in [5.74, 6) is 0.694. The number of aromatic nitrogens is 1. The van der Waals surface area contributed by atoms with Crippen LogP contribution < -0.4 is 5.32 Å². The van der Waals surface area contributed by atoms with E-state index >= 15 is 0 Å². The zero-order valence-corrected chi connectivity index (χ0v) is 13.3. The Bertz CT molecular complexity index is 355. The lowest BCUT2D eigenvalue weighted by atomic mass is 10.0. The Morgan fingerprint density at radius 3 is 2.70 bits per heavy atom. The van der Waals surface area contributed by atoms with Crippen LogP contribution >= 0.6 is 0 Å². The third-order valence-electron chi connectivity index (χ3n) is 3.57. The molecule has 0 spiro atoms. The molecule has 0 aliphatic heterocycles. The lowest BCUT2D eigenvalue weighted by molar-refractivity contribution is 0.0798. The third kappa shape index (κ3) is 7.01. The van der Waals surface area contributed by atoms with Crippen LogP contribution in [0.25, 0.3) is 0 Å². The van der Waals surface area contributed by atoms with Crippen molar-refractivity contribution < 1.29 is 4.74 Å². The monoisotopic (exact) mass is 278 g/mol. The van der Waals surface area contributed by atoms with Crippen LogP contribution in [0, 0.1) is 5.92 Å². The van der Waals surface area contributed by atoms with Crippen LogP contribution in [0.2, 0.25) is 0 Å². The average Bonchev–Trinajstić information content (AvgIpc) is 2.49. The van der Waals surface area contributed by atoms with Gasteiger partial charge < -0.3 is 10.1 Å². The van der Waals surface area contributed by atoms with Gasteiger partial charge >= 0.3 is 0 Å². The molecule has 1 N–H and O–H groups in total. The summed E-state index contributed by atoms with van der Waals surface area (Å²) in [5, 5.41) is 3.30. The van der Waals surface area contributed by atoms with Crippen molar-refractivity contribution in [2.75, 3.05) is 13.2 Å². The van der Waals surface area contributed by atoms with Gasteiger partial charge in [-0.3, -0.25) is 4.98 Å². The summed E-state index contributed by atoms with van der Waals surface area (Å²) in [7, 11) is 0. The van der Waals surface area contributed by atoms with Crippen molar-refractivity contribution in [1.29, 1.82) is 0 Å². The molecule has 0 bridgehead atoms. The van der Waals surface area contributed by atoms with E-state index in [-0.39, 0.29) is 0 Å². The number of nitrogens with one attached hydrogen (secondary N) is 1. The fourth-order valence-corrected chi connectivity index (χ4v) is 2.19. The minimum absolute atomic E-state index is 0.628. The van der Waals surface area contributed by atoms with Crippen LogP contribution in [0.3, 0.4) is 0 Å². The van der Waals surface area contributed by atoms with E-state index in [2.05, 4.69) is 43.2 Å². The minimum Gasteiger partial charge on any atom is -0.375 e. The second-order valence-corrected chi connectivity index (χ2v) is 5.33. The molecule has 0 radical (unpaired) electrons. The van der Waals surface area contributed by atoms with Gasteiger partial charge in [-0.05, 0) is 31.0 Å². The van der Waals surface area contributed by atoms with E-state index in [1.165, 1.54) is 25.7 Å². The van der Waals surface area contributed by atoms with Crippen molar-refractivity contribution in [3.8, 4) is 0 Å². The molecule has 1 rings (SSSR count). The maximum absolute atomic E-state index is 5.85. The van der Waals surface area contributed by atoms with Gasteiger partial charge in [0.25, 0.3) is 0 Å². The van der Waals surface area contributed by atoms with Gasteiger partial charge in [0, 0.05) is 13.2 Å². The van der Waals surface area contributed by atoms with Gasteiger partial charge in [-0.2, -0.15) is 0 Å². The number of rotatable bonds is 11. The van der Waals surface area contributed by atoms with Crippen molar-refractivity contribution in [1.82, 2.24) is 10.3 Å². The van der Waals surface area contributed by atoms with Gasteiger partial charge in [0.1, 0.15) is 0 Å². The molecular weight excluding hydrogens is 248 g/mol. The largest absolute Gasteiger partial charge is 0.375 e.